The first kappa shape index (κ1) is 18.2. The van der Waals surface area contributed by atoms with Gasteiger partial charge in [0.15, 0.2) is 11.7 Å². The number of benzene rings is 1. The molecule has 1 rings (SSSR count). The number of quaternary nitrogens is 1. The molecule has 0 spiro atoms. The van der Waals surface area contributed by atoms with Gasteiger partial charge in [0.25, 0.3) is 5.91 Å². The Morgan fingerprint density at radius 1 is 1.23 bits per heavy atom. The predicted octanol–water partition coefficient (Wildman–Crippen LogP) is -0.732. The minimum atomic E-state index is -0.290. The van der Waals surface area contributed by atoms with Crippen LogP contribution in [0.15, 0.2) is 24.3 Å². The maximum absolute atomic E-state index is 11.6. The van der Waals surface area contributed by atoms with Gasteiger partial charge in [-0.25, -0.2) is 0 Å². The number of ether oxygens (including phenoxy) is 1. The van der Waals surface area contributed by atoms with Crippen LogP contribution in [-0.4, -0.2) is 44.8 Å². The molecule has 0 atom stereocenters. The molecule has 6 nitrogen and oxygen atoms in total. The second-order valence-corrected chi connectivity index (χ2v) is 5.58. The molecule has 0 unspecified atom stereocenters. The van der Waals surface area contributed by atoms with E-state index in [4.69, 9.17) is 17.0 Å². The monoisotopic (exact) mass is 325 g/mol. The van der Waals surface area contributed by atoms with Crippen molar-refractivity contribution in [2.75, 3.05) is 33.8 Å². The SMILES string of the molecule is CCc1ccc(OCC(=O)NNC(=S)NCC[NH+](C)C)cc1. The van der Waals surface area contributed by atoms with Crippen LogP contribution in [-0.2, 0) is 11.2 Å². The van der Waals surface area contributed by atoms with Crippen LogP contribution < -0.4 is 25.8 Å². The zero-order valence-corrected chi connectivity index (χ0v) is 14.2. The first-order valence-electron chi connectivity index (χ1n) is 7.34. The Balaban J connectivity index is 2.18. The Morgan fingerprint density at radius 2 is 1.91 bits per heavy atom. The highest BCUT2D eigenvalue weighted by Crippen LogP contribution is 2.12. The van der Waals surface area contributed by atoms with E-state index in [0.717, 1.165) is 19.5 Å². The summed E-state index contributed by atoms with van der Waals surface area (Å²) in [6.07, 6.45) is 0.977. The molecule has 1 aromatic rings. The average molecular weight is 325 g/mol. The van der Waals surface area contributed by atoms with Crippen LogP contribution in [0.2, 0.25) is 0 Å². The van der Waals surface area contributed by atoms with Gasteiger partial charge in [-0.2, -0.15) is 0 Å². The Kier molecular flexibility index (Phi) is 8.24. The summed E-state index contributed by atoms with van der Waals surface area (Å²) in [4.78, 5) is 13.0. The third kappa shape index (κ3) is 7.80. The largest absolute Gasteiger partial charge is 0.484 e. The number of aryl methyl sites for hydroxylation is 1. The summed E-state index contributed by atoms with van der Waals surface area (Å²) < 4.78 is 5.39. The Hall–Kier alpha value is -1.86. The molecule has 1 amide bonds. The summed E-state index contributed by atoms with van der Waals surface area (Å²) in [5, 5.41) is 3.39. The van der Waals surface area contributed by atoms with E-state index in [-0.39, 0.29) is 12.5 Å². The van der Waals surface area contributed by atoms with Crippen molar-refractivity contribution in [1.82, 2.24) is 16.2 Å². The summed E-state index contributed by atoms with van der Waals surface area (Å²) in [6.45, 7) is 3.70. The Bertz CT molecular complexity index is 477. The van der Waals surface area contributed by atoms with E-state index in [9.17, 15) is 4.79 Å². The number of nitrogens with one attached hydrogen (secondary N) is 4. The topological polar surface area (TPSA) is 66.8 Å². The molecule has 0 fully saturated rings. The number of likely N-dealkylation sites (N-methyl/N-ethyl adjacent to an activating group) is 1. The molecule has 4 N–H and O–H groups in total. The van der Waals surface area contributed by atoms with Gasteiger partial charge in [0.2, 0.25) is 0 Å². The van der Waals surface area contributed by atoms with E-state index in [2.05, 4.69) is 37.2 Å². The van der Waals surface area contributed by atoms with E-state index < -0.39 is 0 Å². The minimum absolute atomic E-state index is 0.0665. The first-order chi connectivity index (χ1) is 10.5. The molecule has 0 bridgehead atoms. The maximum Gasteiger partial charge on any atom is 0.276 e. The van der Waals surface area contributed by atoms with Gasteiger partial charge < -0.3 is 15.0 Å². The molecule has 7 heteroatoms. The van der Waals surface area contributed by atoms with E-state index in [0.29, 0.717) is 10.9 Å². The molecule has 0 saturated heterocycles. The molecule has 0 heterocycles. The highest BCUT2D eigenvalue weighted by molar-refractivity contribution is 7.80. The van der Waals surface area contributed by atoms with Gasteiger partial charge >= 0.3 is 0 Å². The number of carbonyl (C=O) groups is 1. The summed E-state index contributed by atoms with van der Waals surface area (Å²) in [5.41, 5.74) is 6.36. The van der Waals surface area contributed by atoms with Crippen LogP contribution in [0.25, 0.3) is 0 Å². The minimum Gasteiger partial charge on any atom is -0.484 e. The quantitative estimate of drug-likeness (QED) is 0.393. The van der Waals surface area contributed by atoms with Gasteiger partial charge in [0.1, 0.15) is 5.75 Å². The summed E-state index contributed by atoms with van der Waals surface area (Å²) in [6, 6.07) is 7.68. The molecule has 0 aliphatic carbocycles. The van der Waals surface area contributed by atoms with Gasteiger partial charge in [-0.05, 0) is 36.3 Å². The zero-order valence-electron chi connectivity index (χ0n) is 13.4. The smallest absolute Gasteiger partial charge is 0.276 e. The maximum atomic E-state index is 11.6. The van der Waals surface area contributed by atoms with Crippen molar-refractivity contribution in [1.29, 1.82) is 0 Å². The number of hydrogen-bond donors (Lipinski definition) is 4. The van der Waals surface area contributed by atoms with Crippen molar-refractivity contribution in [2.45, 2.75) is 13.3 Å². The Labute approximate surface area is 137 Å². The highest BCUT2D eigenvalue weighted by Gasteiger charge is 2.04. The molecular formula is C15H25N4O2S+. The molecule has 122 valence electrons. The van der Waals surface area contributed by atoms with Crippen molar-refractivity contribution in [3.63, 3.8) is 0 Å². The number of carbonyl (C=O) groups excluding carboxylic acids is 1. The van der Waals surface area contributed by atoms with Crippen molar-refractivity contribution in [3.05, 3.63) is 29.8 Å². The van der Waals surface area contributed by atoms with E-state index >= 15 is 0 Å². The van der Waals surface area contributed by atoms with Gasteiger partial charge in [-0.3, -0.25) is 15.6 Å². The van der Waals surface area contributed by atoms with Crippen molar-refractivity contribution in [2.24, 2.45) is 0 Å². The van der Waals surface area contributed by atoms with Crippen LogP contribution in [0.3, 0.4) is 0 Å². The van der Waals surface area contributed by atoms with Gasteiger partial charge in [-0.1, -0.05) is 19.1 Å². The lowest BCUT2D eigenvalue weighted by Gasteiger charge is -2.13. The first-order valence-corrected chi connectivity index (χ1v) is 7.75. The molecule has 0 aromatic heterocycles. The fraction of sp³-hybridized carbons (Fsp3) is 0.467. The zero-order chi connectivity index (χ0) is 16.4. The lowest BCUT2D eigenvalue weighted by atomic mass is 10.2. The second-order valence-electron chi connectivity index (χ2n) is 5.17. The van der Waals surface area contributed by atoms with Crippen LogP contribution in [0.5, 0.6) is 5.75 Å². The molecule has 0 radical (unpaired) electrons. The summed E-state index contributed by atoms with van der Waals surface area (Å²) in [7, 11) is 4.12. The van der Waals surface area contributed by atoms with Gasteiger partial charge in [-0.15, -0.1) is 0 Å². The van der Waals surface area contributed by atoms with Crippen molar-refractivity contribution >= 4 is 23.2 Å². The molecule has 22 heavy (non-hydrogen) atoms. The second kappa shape index (κ2) is 9.97. The molecule has 1 aromatic carbocycles. The van der Waals surface area contributed by atoms with Crippen LogP contribution in [0, 0.1) is 0 Å². The molecular weight excluding hydrogens is 300 g/mol. The normalized spacial score (nSPS) is 10.2. The lowest BCUT2D eigenvalue weighted by Crippen LogP contribution is -3.06. The fourth-order valence-electron chi connectivity index (χ4n) is 1.60. The standard InChI is InChI=1S/C15H24N4O2S/c1-4-12-5-7-13(8-6-12)21-11-14(20)17-18-15(22)16-9-10-19(2)3/h5-8H,4,9-11H2,1-3H3,(H,17,20)(H2,16,18,22)/p+1. The van der Waals surface area contributed by atoms with Crippen molar-refractivity contribution < 1.29 is 14.4 Å². The number of hydrazine groups is 1. The van der Waals surface area contributed by atoms with E-state index in [1.807, 2.05) is 24.3 Å². The molecule has 0 saturated carbocycles. The third-order valence-corrected chi connectivity index (χ3v) is 3.17. The third-order valence-electron chi connectivity index (χ3n) is 2.93. The Morgan fingerprint density at radius 3 is 2.50 bits per heavy atom. The predicted molar refractivity (Wildman–Crippen MR) is 90.9 cm³/mol. The van der Waals surface area contributed by atoms with Gasteiger partial charge in [0, 0.05) is 0 Å². The molecule has 0 aliphatic rings. The number of rotatable bonds is 7. The highest BCUT2D eigenvalue weighted by atomic mass is 32.1. The molecule has 0 aliphatic heterocycles. The van der Waals surface area contributed by atoms with E-state index in [1.54, 1.807) is 0 Å². The average Bonchev–Trinajstić information content (AvgIpc) is 2.51. The van der Waals surface area contributed by atoms with E-state index in [1.165, 1.54) is 10.5 Å². The van der Waals surface area contributed by atoms with Crippen LogP contribution in [0.4, 0.5) is 0 Å². The lowest BCUT2D eigenvalue weighted by molar-refractivity contribution is -0.856. The summed E-state index contributed by atoms with van der Waals surface area (Å²) >= 11 is 5.04. The fourth-order valence-corrected chi connectivity index (χ4v) is 1.76. The number of thiocarbonyl (C=S) groups is 1. The number of hydrogen-bond acceptors (Lipinski definition) is 3. The van der Waals surface area contributed by atoms with Crippen molar-refractivity contribution in [3.8, 4) is 5.75 Å². The van der Waals surface area contributed by atoms with Gasteiger partial charge in [0.05, 0.1) is 27.2 Å². The summed E-state index contributed by atoms with van der Waals surface area (Å²) in [5.74, 6) is 0.379. The number of amides is 1. The van der Waals surface area contributed by atoms with Crippen LogP contribution >= 0.6 is 12.2 Å². The van der Waals surface area contributed by atoms with Crippen LogP contribution in [0.1, 0.15) is 12.5 Å².